The first-order valence-corrected chi connectivity index (χ1v) is 7.22. The highest BCUT2D eigenvalue weighted by atomic mass is 16.5. The van der Waals surface area contributed by atoms with Crippen molar-refractivity contribution < 1.29 is 4.74 Å². The molecule has 2 N–H and O–H groups in total. The van der Waals surface area contributed by atoms with Crippen LogP contribution >= 0.6 is 0 Å². The lowest BCUT2D eigenvalue weighted by atomic mass is 10.0. The van der Waals surface area contributed by atoms with E-state index >= 15 is 0 Å². The monoisotopic (exact) mass is 284 g/mol. The summed E-state index contributed by atoms with van der Waals surface area (Å²) in [6.07, 6.45) is 0. The van der Waals surface area contributed by atoms with Crippen molar-refractivity contribution in [1.82, 2.24) is 0 Å². The molecule has 2 rings (SSSR count). The maximum atomic E-state index is 6.14. The third kappa shape index (κ3) is 3.56. The second-order valence-electron chi connectivity index (χ2n) is 5.52. The van der Waals surface area contributed by atoms with Gasteiger partial charge in [0.25, 0.3) is 0 Å². The van der Waals surface area contributed by atoms with E-state index in [1.54, 1.807) is 7.11 Å². The van der Waals surface area contributed by atoms with Gasteiger partial charge in [0, 0.05) is 30.9 Å². The van der Waals surface area contributed by atoms with Gasteiger partial charge in [0.05, 0.1) is 7.11 Å². The van der Waals surface area contributed by atoms with Gasteiger partial charge in [-0.3, -0.25) is 0 Å². The molecule has 0 radical (unpaired) electrons. The Morgan fingerprint density at radius 2 is 1.81 bits per heavy atom. The van der Waals surface area contributed by atoms with Gasteiger partial charge in [0.1, 0.15) is 5.75 Å². The Kier molecular flexibility index (Phi) is 4.86. The van der Waals surface area contributed by atoms with E-state index in [0.717, 1.165) is 23.5 Å². The van der Waals surface area contributed by atoms with Crippen LogP contribution < -0.4 is 15.4 Å². The van der Waals surface area contributed by atoms with Crippen LogP contribution in [0.1, 0.15) is 29.7 Å². The quantitative estimate of drug-likeness (QED) is 0.910. The first-order chi connectivity index (χ1) is 10.0. The van der Waals surface area contributed by atoms with Gasteiger partial charge >= 0.3 is 0 Å². The van der Waals surface area contributed by atoms with Crippen LogP contribution in [0.5, 0.6) is 5.75 Å². The molecule has 2 aromatic carbocycles. The average molecular weight is 284 g/mol. The molecule has 0 aliphatic carbocycles. The highest BCUT2D eigenvalue weighted by Crippen LogP contribution is 2.33. The van der Waals surface area contributed by atoms with Gasteiger partial charge in [-0.05, 0) is 31.5 Å². The topological polar surface area (TPSA) is 38.5 Å². The largest absolute Gasteiger partial charge is 0.496 e. The first kappa shape index (κ1) is 15.4. The molecule has 0 spiro atoms. The molecule has 0 aliphatic heterocycles. The van der Waals surface area contributed by atoms with Crippen molar-refractivity contribution in [3.05, 3.63) is 59.2 Å². The van der Waals surface area contributed by atoms with Crippen LogP contribution in [0.25, 0.3) is 0 Å². The van der Waals surface area contributed by atoms with Crippen molar-refractivity contribution in [2.75, 3.05) is 19.1 Å². The third-order valence-corrected chi connectivity index (χ3v) is 3.67. The fraction of sp³-hybridized carbons (Fsp3) is 0.333. The molecule has 3 nitrogen and oxygen atoms in total. The number of nitrogens with zero attached hydrogens (tertiary/aromatic N) is 1. The van der Waals surface area contributed by atoms with Crippen LogP contribution in [0.2, 0.25) is 0 Å². The maximum absolute atomic E-state index is 6.14. The van der Waals surface area contributed by atoms with E-state index in [1.807, 2.05) is 19.1 Å². The first-order valence-electron chi connectivity index (χ1n) is 7.22. The van der Waals surface area contributed by atoms with Crippen LogP contribution in [0, 0.1) is 6.92 Å². The predicted molar refractivity (Wildman–Crippen MR) is 88.9 cm³/mol. The molecule has 0 aromatic heterocycles. The SMILES string of the molecule is COc1cccc(N(C)Cc2ccc(C)cc2)c1C(C)N. The Hall–Kier alpha value is -2.00. The molecule has 0 amide bonds. The lowest BCUT2D eigenvalue weighted by molar-refractivity contribution is 0.407. The highest BCUT2D eigenvalue weighted by molar-refractivity contribution is 5.60. The molecular weight excluding hydrogens is 260 g/mol. The minimum Gasteiger partial charge on any atom is -0.496 e. The summed E-state index contributed by atoms with van der Waals surface area (Å²) in [6.45, 7) is 4.93. The minimum absolute atomic E-state index is 0.0726. The van der Waals surface area contributed by atoms with Crippen molar-refractivity contribution in [1.29, 1.82) is 0 Å². The smallest absolute Gasteiger partial charge is 0.125 e. The van der Waals surface area contributed by atoms with Crippen LogP contribution in [0.4, 0.5) is 5.69 Å². The highest BCUT2D eigenvalue weighted by Gasteiger charge is 2.16. The van der Waals surface area contributed by atoms with Gasteiger partial charge in [-0.15, -0.1) is 0 Å². The Morgan fingerprint density at radius 1 is 1.14 bits per heavy atom. The molecule has 0 aliphatic rings. The Balaban J connectivity index is 2.30. The van der Waals surface area contributed by atoms with Gasteiger partial charge in [-0.25, -0.2) is 0 Å². The van der Waals surface area contributed by atoms with Crippen LogP contribution in [0.15, 0.2) is 42.5 Å². The van der Waals surface area contributed by atoms with Crippen molar-refractivity contribution in [2.24, 2.45) is 5.73 Å². The van der Waals surface area contributed by atoms with Crippen LogP contribution in [-0.4, -0.2) is 14.2 Å². The zero-order valence-electron chi connectivity index (χ0n) is 13.3. The van der Waals surface area contributed by atoms with Gasteiger partial charge in [-0.1, -0.05) is 35.9 Å². The second-order valence-corrected chi connectivity index (χ2v) is 5.52. The average Bonchev–Trinajstić information content (AvgIpc) is 2.48. The van der Waals surface area contributed by atoms with Crippen molar-refractivity contribution in [3.8, 4) is 5.75 Å². The lowest BCUT2D eigenvalue weighted by Crippen LogP contribution is -2.20. The summed E-state index contributed by atoms with van der Waals surface area (Å²) in [5.41, 5.74) is 10.9. The number of aryl methyl sites for hydroxylation is 1. The van der Waals surface area contributed by atoms with Crippen molar-refractivity contribution in [2.45, 2.75) is 26.4 Å². The number of rotatable bonds is 5. The molecular formula is C18H24N2O. The molecule has 0 bridgehead atoms. The van der Waals surface area contributed by atoms with E-state index < -0.39 is 0 Å². The maximum Gasteiger partial charge on any atom is 0.125 e. The number of ether oxygens (including phenoxy) is 1. The molecule has 0 heterocycles. The summed E-state index contributed by atoms with van der Waals surface area (Å²) in [5, 5.41) is 0. The number of benzene rings is 2. The third-order valence-electron chi connectivity index (χ3n) is 3.67. The van der Waals surface area contributed by atoms with Crippen LogP contribution in [-0.2, 0) is 6.54 Å². The van der Waals surface area contributed by atoms with Crippen molar-refractivity contribution in [3.63, 3.8) is 0 Å². The van der Waals surface area contributed by atoms with E-state index in [1.165, 1.54) is 11.1 Å². The summed E-state index contributed by atoms with van der Waals surface area (Å²) < 4.78 is 5.46. The number of hydrogen-bond acceptors (Lipinski definition) is 3. The summed E-state index contributed by atoms with van der Waals surface area (Å²) in [5.74, 6) is 0.846. The summed E-state index contributed by atoms with van der Waals surface area (Å²) in [4.78, 5) is 2.21. The van der Waals surface area contributed by atoms with E-state index in [0.29, 0.717) is 0 Å². The lowest BCUT2D eigenvalue weighted by Gasteiger charge is -2.25. The molecule has 1 unspecified atom stereocenters. The van der Waals surface area contributed by atoms with E-state index in [-0.39, 0.29) is 6.04 Å². The molecule has 21 heavy (non-hydrogen) atoms. The fourth-order valence-electron chi connectivity index (χ4n) is 2.55. The van der Waals surface area contributed by atoms with Crippen molar-refractivity contribution >= 4 is 5.69 Å². The van der Waals surface area contributed by atoms with E-state index in [2.05, 4.69) is 49.2 Å². The van der Waals surface area contributed by atoms with Gasteiger partial charge < -0.3 is 15.4 Å². The zero-order valence-corrected chi connectivity index (χ0v) is 13.3. The molecule has 0 fully saturated rings. The number of methoxy groups -OCH3 is 1. The van der Waals surface area contributed by atoms with Gasteiger partial charge in [-0.2, -0.15) is 0 Å². The molecule has 112 valence electrons. The summed E-state index contributed by atoms with van der Waals surface area (Å²) >= 11 is 0. The van der Waals surface area contributed by atoms with Gasteiger partial charge in [0.2, 0.25) is 0 Å². The number of nitrogens with two attached hydrogens (primary N) is 1. The minimum atomic E-state index is -0.0726. The zero-order chi connectivity index (χ0) is 15.4. The second kappa shape index (κ2) is 6.64. The number of hydrogen-bond donors (Lipinski definition) is 1. The van der Waals surface area contributed by atoms with E-state index in [9.17, 15) is 0 Å². The van der Waals surface area contributed by atoms with Crippen LogP contribution in [0.3, 0.4) is 0 Å². The molecule has 3 heteroatoms. The Labute approximate surface area is 127 Å². The summed E-state index contributed by atoms with van der Waals surface area (Å²) in [6, 6.07) is 14.6. The predicted octanol–water partition coefficient (Wildman–Crippen LogP) is 3.66. The van der Waals surface area contributed by atoms with E-state index in [4.69, 9.17) is 10.5 Å². The molecule has 0 saturated carbocycles. The summed E-state index contributed by atoms with van der Waals surface area (Å²) in [7, 11) is 3.77. The Morgan fingerprint density at radius 3 is 2.38 bits per heavy atom. The molecule has 1 atom stereocenters. The normalized spacial score (nSPS) is 12.0. The fourth-order valence-corrected chi connectivity index (χ4v) is 2.55. The van der Waals surface area contributed by atoms with Gasteiger partial charge in [0.15, 0.2) is 0 Å². The molecule has 0 saturated heterocycles. The number of anilines is 1. The molecule has 2 aromatic rings. The Bertz CT molecular complexity index is 591. The standard InChI is InChI=1S/C18H24N2O/c1-13-8-10-15(11-9-13)12-20(3)16-6-5-7-17(21-4)18(16)14(2)19/h5-11,14H,12,19H2,1-4H3.